The van der Waals surface area contributed by atoms with E-state index in [0.717, 1.165) is 25.0 Å². The van der Waals surface area contributed by atoms with Crippen LogP contribution < -0.4 is 4.74 Å². The van der Waals surface area contributed by atoms with Gasteiger partial charge in [0.1, 0.15) is 18.5 Å². The molecule has 0 amide bonds. The van der Waals surface area contributed by atoms with Crippen LogP contribution in [0.4, 0.5) is 0 Å². The van der Waals surface area contributed by atoms with Crippen molar-refractivity contribution in [2.24, 2.45) is 0 Å². The van der Waals surface area contributed by atoms with E-state index in [4.69, 9.17) is 9.47 Å². The predicted octanol–water partition coefficient (Wildman–Crippen LogP) is 4.04. The molecule has 2 rings (SSSR count). The molecule has 1 saturated heterocycles. The molecule has 0 N–H and O–H groups in total. The van der Waals surface area contributed by atoms with Crippen LogP contribution in [0.5, 0.6) is 5.75 Å². The van der Waals surface area contributed by atoms with Crippen LogP contribution in [0.25, 0.3) is 0 Å². The van der Waals surface area contributed by atoms with E-state index in [1.54, 1.807) is 0 Å². The van der Waals surface area contributed by atoms with Crippen molar-refractivity contribution in [2.75, 3.05) is 6.61 Å². The maximum absolute atomic E-state index is 6.05. The Morgan fingerprint density at radius 3 is 2.00 bits per heavy atom. The fourth-order valence-electron chi connectivity index (χ4n) is 2.48. The van der Waals surface area contributed by atoms with Gasteiger partial charge in [-0.3, -0.25) is 0 Å². The summed E-state index contributed by atoms with van der Waals surface area (Å²) in [5.74, 6) is 0.963. The first-order valence-corrected chi connectivity index (χ1v) is 7.45. The lowest BCUT2D eigenvalue weighted by Crippen LogP contribution is -2.10. The van der Waals surface area contributed by atoms with Gasteiger partial charge in [-0.15, -0.1) is 19.7 Å². The lowest BCUT2D eigenvalue weighted by Gasteiger charge is -2.16. The van der Waals surface area contributed by atoms with Crippen molar-refractivity contribution < 1.29 is 9.47 Å². The van der Waals surface area contributed by atoms with E-state index in [1.807, 2.05) is 18.2 Å². The Hall–Kier alpha value is -1.80. The highest BCUT2D eigenvalue weighted by molar-refractivity contribution is 5.47. The van der Waals surface area contributed by atoms with Crippen LogP contribution in [-0.4, -0.2) is 18.8 Å². The van der Waals surface area contributed by atoms with Crippen molar-refractivity contribution in [3.05, 3.63) is 66.8 Å². The molecule has 2 nitrogen and oxygen atoms in total. The van der Waals surface area contributed by atoms with Crippen LogP contribution >= 0.6 is 0 Å². The fraction of sp³-hybridized carbons (Fsp3) is 0.368. The van der Waals surface area contributed by atoms with Crippen LogP contribution in [0.15, 0.2) is 50.1 Å². The normalized spacial score (nSPS) is 19.9. The van der Waals surface area contributed by atoms with E-state index in [2.05, 4.69) is 38.8 Å². The summed E-state index contributed by atoms with van der Waals surface area (Å²) >= 11 is 0. The SMILES string of the molecule is C=CCc1cc(CC=C)c(OCC2OC2C)c(CC=C)c1. The van der Waals surface area contributed by atoms with Gasteiger partial charge in [0.15, 0.2) is 0 Å². The van der Waals surface area contributed by atoms with Crippen molar-refractivity contribution in [2.45, 2.75) is 38.4 Å². The first-order chi connectivity index (χ1) is 10.2. The zero-order chi connectivity index (χ0) is 15.2. The lowest BCUT2D eigenvalue weighted by molar-refractivity contribution is 0.257. The molecule has 2 atom stereocenters. The number of ether oxygens (including phenoxy) is 2. The molecular weight excluding hydrogens is 260 g/mol. The highest BCUT2D eigenvalue weighted by Gasteiger charge is 2.35. The van der Waals surface area contributed by atoms with Gasteiger partial charge in [-0.05, 0) is 42.9 Å². The van der Waals surface area contributed by atoms with Gasteiger partial charge in [0, 0.05) is 0 Å². The highest BCUT2D eigenvalue weighted by Crippen LogP contribution is 2.30. The summed E-state index contributed by atoms with van der Waals surface area (Å²) < 4.78 is 11.5. The second-order valence-corrected chi connectivity index (χ2v) is 5.41. The Morgan fingerprint density at radius 2 is 1.57 bits per heavy atom. The standard InChI is InChI=1S/C19H24O2/c1-5-8-15-11-16(9-6-2)19(17(12-15)10-7-3)20-13-18-14(4)21-18/h5-7,11-12,14,18H,1-3,8-10,13H2,4H3. The zero-order valence-electron chi connectivity index (χ0n) is 12.8. The summed E-state index contributed by atoms with van der Waals surface area (Å²) in [7, 11) is 0. The monoisotopic (exact) mass is 284 g/mol. The Morgan fingerprint density at radius 1 is 1.05 bits per heavy atom. The van der Waals surface area contributed by atoms with Gasteiger partial charge in [-0.25, -0.2) is 0 Å². The Bertz CT molecular complexity index is 499. The quantitative estimate of drug-likeness (QED) is 0.504. The van der Waals surface area contributed by atoms with E-state index in [0.29, 0.717) is 12.7 Å². The number of benzene rings is 1. The van der Waals surface area contributed by atoms with Crippen molar-refractivity contribution in [1.29, 1.82) is 0 Å². The number of allylic oxidation sites excluding steroid dienone is 3. The van der Waals surface area contributed by atoms with E-state index in [1.165, 1.54) is 16.7 Å². The third-order valence-corrected chi connectivity index (χ3v) is 3.64. The third-order valence-electron chi connectivity index (χ3n) is 3.64. The average molecular weight is 284 g/mol. The second-order valence-electron chi connectivity index (χ2n) is 5.41. The molecule has 1 heterocycles. The van der Waals surface area contributed by atoms with Crippen LogP contribution in [0, 0.1) is 0 Å². The van der Waals surface area contributed by atoms with Crippen molar-refractivity contribution in [3.63, 3.8) is 0 Å². The summed E-state index contributed by atoms with van der Waals surface area (Å²) in [6.45, 7) is 14.2. The molecule has 0 bridgehead atoms. The van der Waals surface area contributed by atoms with E-state index in [-0.39, 0.29) is 6.10 Å². The smallest absolute Gasteiger partial charge is 0.126 e. The summed E-state index contributed by atoms with van der Waals surface area (Å²) in [4.78, 5) is 0. The lowest BCUT2D eigenvalue weighted by atomic mass is 9.98. The van der Waals surface area contributed by atoms with Gasteiger partial charge >= 0.3 is 0 Å². The Labute approximate surface area is 127 Å². The topological polar surface area (TPSA) is 21.8 Å². The van der Waals surface area contributed by atoms with Crippen LogP contribution in [0.2, 0.25) is 0 Å². The summed E-state index contributed by atoms with van der Waals surface area (Å²) in [5, 5.41) is 0. The maximum Gasteiger partial charge on any atom is 0.126 e. The molecular formula is C19H24O2. The van der Waals surface area contributed by atoms with E-state index >= 15 is 0 Å². The molecule has 0 radical (unpaired) electrons. The Balaban J connectivity index is 2.28. The Kier molecular flexibility index (Phi) is 5.40. The molecule has 0 spiro atoms. The largest absolute Gasteiger partial charge is 0.490 e. The molecule has 0 aliphatic carbocycles. The first-order valence-electron chi connectivity index (χ1n) is 7.45. The molecule has 2 unspecified atom stereocenters. The number of hydrogen-bond donors (Lipinski definition) is 0. The van der Waals surface area contributed by atoms with Crippen molar-refractivity contribution >= 4 is 0 Å². The minimum atomic E-state index is 0.228. The third kappa shape index (κ3) is 4.08. The molecule has 112 valence electrons. The van der Waals surface area contributed by atoms with Gasteiger partial charge in [-0.1, -0.05) is 30.4 Å². The molecule has 21 heavy (non-hydrogen) atoms. The highest BCUT2D eigenvalue weighted by atomic mass is 16.6. The molecule has 1 aromatic carbocycles. The average Bonchev–Trinajstić information content (AvgIpc) is 3.15. The molecule has 1 aromatic rings. The molecule has 1 aliphatic heterocycles. The van der Waals surface area contributed by atoms with E-state index in [9.17, 15) is 0 Å². The summed E-state index contributed by atoms with van der Waals surface area (Å²) in [5.41, 5.74) is 3.60. The first kappa shape index (κ1) is 15.6. The minimum Gasteiger partial charge on any atom is -0.490 e. The fourth-order valence-corrected chi connectivity index (χ4v) is 2.48. The molecule has 0 aromatic heterocycles. The zero-order valence-corrected chi connectivity index (χ0v) is 12.8. The maximum atomic E-state index is 6.05. The van der Waals surface area contributed by atoms with Gasteiger partial charge in [0.25, 0.3) is 0 Å². The van der Waals surface area contributed by atoms with Crippen molar-refractivity contribution in [3.8, 4) is 5.75 Å². The molecule has 2 heteroatoms. The second kappa shape index (κ2) is 7.28. The van der Waals surface area contributed by atoms with Crippen LogP contribution in [-0.2, 0) is 24.0 Å². The predicted molar refractivity (Wildman–Crippen MR) is 88.0 cm³/mol. The summed E-state index contributed by atoms with van der Waals surface area (Å²) in [6, 6.07) is 4.37. The van der Waals surface area contributed by atoms with Gasteiger partial charge < -0.3 is 9.47 Å². The van der Waals surface area contributed by atoms with Crippen LogP contribution in [0.1, 0.15) is 23.6 Å². The van der Waals surface area contributed by atoms with Gasteiger partial charge in [0.2, 0.25) is 0 Å². The summed E-state index contributed by atoms with van der Waals surface area (Å²) in [6.07, 6.45) is 8.74. The number of rotatable bonds is 9. The van der Waals surface area contributed by atoms with Gasteiger partial charge in [0.05, 0.1) is 6.10 Å². The van der Waals surface area contributed by atoms with Crippen molar-refractivity contribution in [1.82, 2.24) is 0 Å². The molecule has 1 fully saturated rings. The van der Waals surface area contributed by atoms with Gasteiger partial charge in [-0.2, -0.15) is 0 Å². The minimum absolute atomic E-state index is 0.228. The molecule has 0 saturated carbocycles. The van der Waals surface area contributed by atoms with Crippen LogP contribution in [0.3, 0.4) is 0 Å². The molecule has 1 aliphatic rings. The number of hydrogen-bond acceptors (Lipinski definition) is 2. The number of epoxide rings is 1. The van der Waals surface area contributed by atoms with E-state index < -0.39 is 0 Å².